The maximum Gasteiger partial charge on any atom is 0.264 e. The van der Waals surface area contributed by atoms with Crippen molar-refractivity contribution >= 4 is 39.1 Å². The summed E-state index contributed by atoms with van der Waals surface area (Å²) in [5.74, 6) is 0.245. The summed E-state index contributed by atoms with van der Waals surface area (Å²) >= 11 is 6.18. The maximum atomic E-state index is 14.7. The van der Waals surface area contributed by atoms with Crippen LogP contribution in [0.15, 0.2) is 144 Å². The second kappa shape index (κ2) is 17.0. The minimum absolute atomic E-state index is 0.0250. The molecule has 0 aromatic heterocycles. The minimum atomic E-state index is -4.23. The quantitative estimate of drug-likeness (QED) is 0.119. The first-order valence-electron chi connectivity index (χ1n) is 16.4. The van der Waals surface area contributed by atoms with Crippen LogP contribution in [-0.2, 0) is 32.6 Å². The van der Waals surface area contributed by atoms with Gasteiger partial charge in [0, 0.05) is 24.0 Å². The molecule has 5 aromatic carbocycles. The molecule has 0 fully saturated rings. The van der Waals surface area contributed by atoms with Crippen molar-refractivity contribution in [1.29, 1.82) is 0 Å². The first-order valence-corrected chi connectivity index (χ1v) is 18.2. The predicted molar refractivity (Wildman–Crippen MR) is 198 cm³/mol. The van der Waals surface area contributed by atoms with Gasteiger partial charge in [-0.2, -0.15) is 0 Å². The average molecular weight is 710 g/mol. The topological polar surface area (TPSA) is 96.0 Å². The van der Waals surface area contributed by atoms with Gasteiger partial charge in [-0.05, 0) is 85.1 Å². The zero-order valence-electron chi connectivity index (χ0n) is 28.0. The van der Waals surface area contributed by atoms with Gasteiger partial charge in [0.1, 0.15) is 24.1 Å². The van der Waals surface area contributed by atoms with Crippen molar-refractivity contribution < 1.29 is 22.7 Å². The van der Waals surface area contributed by atoms with Gasteiger partial charge < -0.3 is 15.0 Å². The molecule has 2 atom stereocenters. The van der Waals surface area contributed by atoms with E-state index in [0.29, 0.717) is 22.9 Å². The summed E-state index contributed by atoms with van der Waals surface area (Å²) in [6.07, 6.45) is 0.918. The highest BCUT2D eigenvalue weighted by atomic mass is 35.5. The molecule has 0 aliphatic rings. The minimum Gasteiger partial charge on any atom is -0.457 e. The molecule has 5 aromatic rings. The van der Waals surface area contributed by atoms with Crippen molar-refractivity contribution in [3.63, 3.8) is 0 Å². The molecule has 0 heterocycles. The SMILES string of the molecule is CCC(C)NC(=O)C(Cc1ccccc1)N(Cc1ccc(Cl)cc1)C(=O)CN(c1ccc(Oc2ccccc2)cc1)S(=O)(=O)c1ccccc1. The van der Waals surface area contributed by atoms with E-state index in [1.165, 1.54) is 17.0 Å². The van der Waals surface area contributed by atoms with Crippen LogP contribution in [0, 0.1) is 0 Å². The number of rotatable bonds is 15. The Labute approximate surface area is 299 Å². The van der Waals surface area contributed by atoms with Crippen LogP contribution in [0.3, 0.4) is 0 Å². The van der Waals surface area contributed by atoms with Gasteiger partial charge in [0.15, 0.2) is 0 Å². The molecule has 258 valence electrons. The summed E-state index contributed by atoms with van der Waals surface area (Å²) in [6, 6.07) is 39.1. The maximum absolute atomic E-state index is 14.7. The molecule has 0 aliphatic carbocycles. The third-order valence-corrected chi connectivity index (χ3v) is 10.3. The summed E-state index contributed by atoms with van der Waals surface area (Å²) in [5.41, 5.74) is 1.85. The lowest BCUT2D eigenvalue weighted by Crippen LogP contribution is -2.54. The third kappa shape index (κ3) is 9.52. The number of sulfonamides is 1. The highest BCUT2D eigenvalue weighted by molar-refractivity contribution is 7.92. The number of para-hydroxylation sites is 1. The number of hydrogen-bond donors (Lipinski definition) is 1. The van der Waals surface area contributed by atoms with Gasteiger partial charge in [0.25, 0.3) is 10.0 Å². The predicted octanol–water partition coefficient (Wildman–Crippen LogP) is 7.88. The van der Waals surface area contributed by atoms with E-state index < -0.39 is 28.5 Å². The Morgan fingerprint density at radius 2 is 1.30 bits per heavy atom. The Morgan fingerprint density at radius 3 is 1.90 bits per heavy atom. The highest BCUT2D eigenvalue weighted by Crippen LogP contribution is 2.29. The number of ether oxygens (including phenoxy) is 1. The van der Waals surface area contributed by atoms with Crippen LogP contribution in [0.4, 0.5) is 5.69 Å². The number of nitrogens with one attached hydrogen (secondary N) is 1. The molecule has 2 unspecified atom stereocenters. The first-order chi connectivity index (χ1) is 24.1. The van der Waals surface area contributed by atoms with Crippen LogP contribution >= 0.6 is 11.6 Å². The fourth-order valence-corrected chi connectivity index (χ4v) is 6.90. The van der Waals surface area contributed by atoms with E-state index >= 15 is 0 Å². The average Bonchev–Trinajstić information content (AvgIpc) is 3.14. The Morgan fingerprint density at radius 1 is 0.740 bits per heavy atom. The van der Waals surface area contributed by atoms with Crippen molar-refractivity contribution in [1.82, 2.24) is 10.2 Å². The van der Waals surface area contributed by atoms with Gasteiger partial charge in [-0.15, -0.1) is 0 Å². The Bertz CT molecular complexity index is 1940. The molecular weight excluding hydrogens is 670 g/mol. The Balaban J connectivity index is 1.55. The number of halogens is 1. The molecule has 50 heavy (non-hydrogen) atoms. The fourth-order valence-electron chi connectivity index (χ4n) is 5.34. The molecule has 2 amide bonds. The molecule has 0 aliphatic heterocycles. The second-order valence-electron chi connectivity index (χ2n) is 11.9. The third-order valence-electron chi connectivity index (χ3n) is 8.25. The van der Waals surface area contributed by atoms with Crippen molar-refractivity contribution in [2.24, 2.45) is 0 Å². The van der Waals surface area contributed by atoms with Crippen LogP contribution in [-0.4, -0.2) is 43.8 Å². The molecule has 0 saturated heterocycles. The van der Waals surface area contributed by atoms with Crippen LogP contribution in [0.25, 0.3) is 0 Å². The fraction of sp³-hybridized carbons (Fsp3) is 0.200. The van der Waals surface area contributed by atoms with E-state index in [2.05, 4.69) is 5.32 Å². The van der Waals surface area contributed by atoms with Gasteiger partial charge in [-0.1, -0.05) is 97.4 Å². The zero-order valence-corrected chi connectivity index (χ0v) is 29.6. The van der Waals surface area contributed by atoms with E-state index in [0.717, 1.165) is 15.4 Å². The normalized spacial score (nSPS) is 12.4. The number of benzene rings is 5. The molecule has 0 radical (unpaired) electrons. The molecule has 0 bridgehead atoms. The lowest BCUT2D eigenvalue weighted by Gasteiger charge is -2.34. The van der Waals surface area contributed by atoms with E-state index in [4.69, 9.17) is 16.3 Å². The van der Waals surface area contributed by atoms with Crippen LogP contribution in [0.2, 0.25) is 5.02 Å². The van der Waals surface area contributed by atoms with Crippen molar-refractivity contribution in [2.75, 3.05) is 10.8 Å². The summed E-state index contributed by atoms with van der Waals surface area (Å²) in [4.78, 5) is 30.2. The molecule has 0 saturated carbocycles. The van der Waals surface area contributed by atoms with E-state index in [9.17, 15) is 18.0 Å². The Hall–Kier alpha value is -5.12. The van der Waals surface area contributed by atoms with E-state index in [-0.39, 0.29) is 35.5 Å². The molecule has 10 heteroatoms. The number of hydrogen-bond acceptors (Lipinski definition) is 5. The van der Waals surface area contributed by atoms with Crippen LogP contribution in [0.1, 0.15) is 31.4 Å². The van der Waals surface area contributed by atoms with Crippen molar-refractivity contribution in [3.05, 3.63) is 156 Å². The van der Waals surface area contributed by atoms with Crippen molar-refractivity contribution in [2.45, 2.75) is 50.2 Å². The van der Waals surface area contributed by atoms with Crippen LogP contribution in [0.5, 0.6) is 11.5 Å². The van der Waals surface area contributed by atoms with E-state index in [1.54, 1.807) is 66.7 Å². The summed E-state index contributed by atoms with van der Waals surface area (Å²) in [7, 11) is -4.23. The van der Waals surface area contributed by atoms with Gasteiger partial charge in [-0.25, -0.2) is 8.42 Å². The van der Waals surface area contributed by atoms with E-state index in [1.807, 2.05) is 74.5 Å². The number of anilines is 1. The molecule has 8 nitrogen and oxygen atoms in total. The largest absolute Gasteiger partial charge is 0.457 e. The molecule has 1 N–H and O–H groups in total. The number of carbonyl (C=O) groups excluding carboxylic acids is 2. The van der Waals surface area contributed by atoms with Gasteiger partial charge in [0.2, 0.25) is 11.8 Å². The Kier molecular flexibility index (Phi) is 12.3. The highest BCUT2D eigenvalue weighted by Gasteiger charge is 2.35. The number of nitrogens with zero attached hydrogens (tertiary/aromatic N) is 2. The molecule has 5 rings (SSSR count). The summed E-state index contributed by atoms with van der Waals surface area (Å²) in [5, 5.41) is 3.58. The lowest BCUT2D eigenvalue weighted by molar-refractivity contribution is -0.140. The lowest BCUT2D eigenvalue weighted by atomic mass is 10.0. The number of amides is 2. The summed E-state index contributed by atoms with van der Waals surface area (Å²) in [6.45, 7) is 3.36. The zero-order chi connectivity index (χ0) is 35.5. The summed E-state index contributed by atoms with van der Waals surface area (Å²) < 4.78 is 35.6. The van der Waals surface area contributed by atoms with Gasteiger partial charge in [0.05, 0.1) is 10.6 Å². The monoisotopic (exact) mass is 709 g/mol. The second-order valence-corrected chi connectivity index (χ2v) is 14.2. The van der Waals surface area contributed by atoms with Gasteiger partial charge >= 0.3 is 0 Å². The van der Waals surface area contributed by atoms with Crippen molar-refractivity contribution in [3.8, 4) is 11.5 Å². The van der Waals surface area contributed by atoms with Gasteiger partial charge in [-0.3, -0.25) is 13.9 Å². The molecular formula is C40H40ClN3O5S. The standard InChI is InChI=1S/C40H40ClN3O5S/c1-3-30(2)42-40(46)38(27-31-13-7-4-8-14-31)43(28-32-19-21-33(41)22-20-32)39(45)29-44(50(47,48)37-17-11-6-12-18-37)34-23-25-36(26-24-34)49-35-15-9-5-10-16-35/h4-26,30,38H,3,27-29H2,1-2H3,(H,42,46). The van der Waals surface area contributed by atoms with Crippen LogP contribution < -0.4 is 14.4 Å². The first kappa shape index (κ1) is 36.2. The molecule has 0 spiro atoms. The number of carbonyl (C=O) groups is 2. The smallest absolute Gasteiger partial charge is 0.264 e.